The van der Waals surface area contributed by atoms with Gasteiger partial charge in [-0.15, -0.1) is 0 Å². The van der Waals surface area contributed by atoms with Crippen LogP contribution in [0.1, 0.15) is 22.3 Å². The first-order chi connectivity index (χ1) is 10.1. The first-order valence-electron chi connectivity index (χ1n) is 7.23. The Labute approximate surface area is 124 Å². The molecule has 0 saturated heterocycles. The van der Waals surface area contributed by atoms with Crippen molar-refractivity contribution in [3.8, 4) is 5.75 Å². The molecule has 1 aliphatic heterocycles. The SMILES string of the molecule is Cc1ccc(CCc2ccc3c(c2)NC(=O)CO3)cc1C. The Morgan fingerprint density at radius 2 is 1.71 bits per heavy atom. The van der Waals surface area contributed by atoms with Gasteiger partial charge in [-0.25, -0.2) is 0 Å². The number of carbonyl (C=O) groups is 1. The third-order valence-electron chi connectivity index (χ3n) is 3.95. The second kappa shape index (κ2) is 5.60. The van der Waals surface area contributed by atoms with Gasteiger partial charge in [0.1, 0.15) is 5.75 Å². The molecule has 0 radical (unpaired) electrons. The van der Waals surface area contributed by atoms with E-state index in [1.807, 2.05) is 12.1 Å². The van der Waals surface area contributed by atoms with Gasteiger partial charge in [0, 0.05) is 0 Å². The summed E-state index contributed by atoms with van der Waals surface area (Å²) in [6.45, 7) is 4.38. The zero-order chi connectivity index (χ0) is 14.8. The first kappa shape index (κ1) is 13.7. The number of hydrogen-bond donors (Lipinski definition) is 1. The van der Waals surface area contributed by atoms with Crippen molar-refractivity contribution in [3.63, 3.8) is 0 Å². The minimum Gasteiger partial charge on any atom is -0.482 e. The van der Waals surface area contributed by atoms with Crippen LogP contribution in [0.25, 0.3) is 0 Å². The van der Waals surface area contributed by atoms with E-state index in [1.165, 1.54) is 22.3 Å². The standard InChI is InChI=1S/C18H19NO2/c1-12-3-4-14(9-13(12)2)5-6-15-7-8-17-16(10-15)19-18(20)11-21-17/h3-4,7-10H,5-6,11H2,1-2H3,(H,19,20). The van der Waals surface area contributed by atoms with Crippen LogP contribution in [0, 0.1) is 13.8 Å². The summed E-state index contributed by atoms with van der Waals surface area (Å²) in [6, 6.07) is 12.6. The van der Waals surface area contributed by atoms with Gasteiger partial charge in [0.25, 0.3) is 5.91 Å². The molecule has 1 amide bonds. The molecule has 2 aromatic rings. The average molecular weight is 281 g/mol. The third kappa shape index (κ3) is 3.07. The fourth-order valence-electron chi connectivity index (χ4n) is 2.53. The number of nitrogens with one attached hydrogen (secondary N) is 1. The number of amides is 1. The van der Waals surface area contributed by atoms with E-state index in [9.17, 15) is 4.79 Å². The maximum Gasteiger partial charge on any atom is 0.262 e. The monoisotopic (exact) mass is 281 g/mol. The Bertz CT molecular complexity index is 692. The summed E-state index contributed by atoms with van der Waals surface area (Å²) in [6.07, 6.45) is 1.94. The van der Waals surface area contributed by atoms with Gasteiger partial charge in [-0.1, -0.05) is 24.3 Å². The van der Waals surface area contributed by atoms with Crippen LogP contribution in [0.15, 0.2) is 36.4 Å². The lowest BCUT2D eigenvalue weighted by molar-refractivity contribution is -0.118. The predicted octanol–water partition coefficient (Wildman–Crippen LogP) is 3.42. The molecule has 3 rings (SSSR count). The molecule has 3 nitrogen and oxygen atoms in total. The second-order valence-corrected chi connectivity index (χ2v) is 5.59. The molecule has 1 N–H and O–H groups in total. The Balaban J connectivity index is 1.72. The van der Waals surface area contributed by atoms with Crippen LogP contribution in [0.4, 0.5) is 5.69 Å². The maximum absolute atomic E-state index is 11.3. The minimum absolute atomic E-state index is 0.0891. The van der Waals surface area contributed by atoms with Crippen LogP contribution >= 0.6 is 0 Å². The largest absolute Gasteiger partial charge is 0.482 e. The molecule has 0 spiro atoms. The summed E-state index contributed by atoms with van der Waals surface area (Å²) in [5.41, 5.74) is 5.99. The van der Waals surface area contributed by atoms with Gasteiger partial charge in [0.05, 0.1) is 5.69 Å². The fourth-order valence-corrected chi connectivity index (χ4v) is 2.53. The Kier molecular flexibility index (Phi) is 3.65. The number of benzene rings is 2. The van der Waals surface area contributed by atoms with E-state index in [1.54, 1.807) is 0 Å². The minimum atomic E-state index is -0.0891. The van der Waals surface area contributed by atoms with Crippen molar-refractivity contribution in [3.05, 3.63) is 58.7 Å². The molecule has 0 fully saturated rings. The molecule has 0 atom stereocenters. The quantitative estimate of drug-likeness (QED) is 0.936. The van der Waals surface area contributed by atoms with Crippen LogP contribution in [-0.4, -0.2) is 12.5 Å². The highest BCUT2D eigenvalue weighted by Crippen LogP contribution is 2.28. The summed E-state index contributed by atoms with van der Waals surface area (Å²) < 4.78 is 5.37. The molecule has 1 heterocycles. The van der Waals surface area contributed by atoms with E-state index in [0.717, 1.165) is 24.3 Å². The summed E-state index contributed by atoms with van der Waals surface area (Å²) >= 11 is 0. The van der Waals surface area contributed by atoms with E-state index in [4.69, 9.17) is 4.74 Å². The first-order valence-corrected chi connectivity index (χ1v) is 7.23. The van der Waals surface area contributed by atoms with Gasteiger partial charge in [0.2, 0.25) is 0 Å². The molecule has 0 aromatic heterocycles. The van der Waals surface area contributed by atoms with E-state index >= 15 is 0 Å². The van der Waals surface area contributed by atoms with Crippen molar-refractivity contribution >= 4 is 11.6 Å². The Morgan fingerprint density at radius 1 is 1.00 bits per heavy atom. The van der Waals surface area contributed by atoms with Crippen molar-refractivity contribution in [1.29, 1.82) is 0 Å². The molecule has 21 heavy (non-hydrogen) atoms. The summed E-state index contributed by atoms with van der Waals surface area (Å²) in [4.78, 5) is 11.3. The molecule has 1 aliphatic rings. The zero-order valence-electron chi connectivity index (χ0n) is 12.4. The molecule has 3 heteroatoms. The lowest BCUT2D eigenvalue weighted by atomic mass is 10.00. The normalized spacial score (nSPS) is 13.3. The third-order valence-corrected chi connectivity index (χ3v) is 3.95. The molecule has 2 aromatic carbocycles. The van der Waals surface area contributed by atoms with Gasteiger partial charge in [-0.05, 0) is 61.1 Å². The van der Waals surface area contributed by atoms with Crippen LogP contribution in [0.5, 0.6) is 5.75 Å². The average Bonchev–Trinajstić information content (AvgIpc) is 2.48. The van der Waals surface area contributed by atoms with Crippen LogP contribution < -0.4 is 10.1 Å². The van der Waals surface area contributed by atoms with Crippen LogP contribution in [0.2, 0.25) is 0 Å². The fraction of sp³-hybridized carbons (Fsp3) is 0.278. The zero-order valence-corrected chi connectivity index (χ0v) is 12.4. The topological polar surface area (TPSA) is 38.3 Å². The molecule has 108 valence electrons. The highest BCUT2D eigenvalue weighted by atomic mass is 16.5. The van der Waals surface area contributed by atoms with E-state index in [-0.39, 0.29) is 12.5 Å². The smallest absolute Gasteiger partial charge is 0.262 e. The number of carbonyl (C=O) groups excluding carboxylic acids is 1. The number of ether oxygens (including phenoxy) is 1. The maximum atomic E-state index is 11.3. The van der Waals surface area contributed by atoms with Gasteiger partial charge in [-0.3, -0.25) is 4.79 Å². The summed E-state index contributed by atoms with van der Waals surface area (Å²) in [5.74, 6) is 0.665. The lowest BCUT2D eigenvalue weighted by Crippen LogP contribution is -2.25. The van der Waals surface area contributed by atoms with Crippen molar-refractivity contribution in [1.82, 2.24) is 0 Å². The molecular formula is C18H19NO2. The van der Waals surface area contributed by atoms with Gasteiger partial charge >= 0.3 is 0 Å². The molecular weight excluding hydrogens is 262 g/mol. The number of aryl methyl sites for hydroxylation is 4. The second-order valence-electron chi connectivity index (χ2n) is 5.59. The van der Waals surface area contributed by atoms with Crippen LogP contribution in [-0.2, 0) is 17.6 Å². The molecule has 0 unspecified atom stereocenters. The Hall–Kier alpha value is -2.29. The van der Waals surface area contributed by atoms with Gasteiger partial charge < -0.3 is 10.1 Å². The van der Waals surface area contributed by atoms with Crippen molar-refractivity contribution in [2.45, 2.75) is 26.7 Å². The number of fused-ring (bicyclic) bond motifs is 1. The highest BCUT2D eigenvalue weighted by molar-refractivity contribution is 5.95. The summed E-state index contributed by atoms with van der Waals surface area (Å²) in [5, 5.41) is 2.85. The predicted molar refractivity (Wildman–Crippen MR) is 83.9 cm³/mol. The van der Waals surface area contributed by atoms with Gasteiger partial charge in [0.15, 0.2) is 6.61 Å². The van der Waals surface area contributed by atoms with E-state index < -0.39 is 0 Å². The number of anilines is 1. The van der Waals surface area contributed by atoms with Crippen molar-refractivity contribution in [2.75, 3.05) is 11.9 Å². The Morgan fingerprint density at radius 3 is 2.48 bits per heavy atom. The number of hydrogen-bond acceptors (Lipinski definition) is 2. The lowest BCUT2D eigenvalue weighted by Gasteiger charge is -2.18. The molecule has 0 saturated carbocycles. The van der Waals surface area contributed by atoms with E-state index in [2.05, 4.69) is 43.4 Å². The van der Waals surface area contributed by atoms with E-state index in [0.29, 0.717) is 0 Å². The molecule has 0 bridgehead atoms. The highest BCUT2D eigenvalue weighted by Gasteiger charge is 2.15. The van der Waals surface area contributed by atoms with Crippen molar-refractivity contribution in [2.24, 2.45) is 0 Å². The molecule has 0 aliphatic carbocycles. The number of rotatable bonds is 3. The van der Waals surface area contributed by atoms with Crippen molar-refractivity contribution < 1.29 is 9.53 Å². The van der Waals surface area contributed by atoms with Crippen LogP contribution in [0.3, 0.4) is 0 Å². The summed E-state index contributed by atoms with van der Waals surface area (Å²) in [7, 11) is 0. The van der Waals surface area contributed by atoms with Gasteiger partial charge in [-0.2, -0.15) is 0 Å².